The molecule has 1 amide bonds. The van der Waals surface area contributed by atoms with E-state index in [2.05, 4.69) is 10.4 Å². The van der Waals surface area contributed by atoms with Crippen LogP contribution in [0.15, 0.2) is 18.5 Å². The van der Waals surface area contributed by atoms with Gasteiger partial charge in [0.15, 0.2) is 0 Å². The lowest BCUT2D eigenvalue weighted by Crippen LogP contribution is -2.27. The highest BCUT2D eigenvalue weighted by atomic mass is 32.2. The number of aliphatic carboxylic acids is 1. The summed E-state index contributed by atoms with van der Waals surface area (Å²) in [4.78, 5) is 21.4. The van der Waals surface area contributed by atoms with Gasteiger partial charge in [0.2, 0.25) is 5.91 Å². The van der Waals surface area contributed by atoms with Crippen LogP contribution >= 0.6 is 11.8 Å². The molecule has 0 radical (unpaired) electrons. The van der Waals surface area contributed by atoms with Gasteiger partial charge >= 0.3 is 5.97 Å². The molecule has 0 atom stereocenters. The van der Waals surface area contributed by atoms with E-state index in [0.29, 0.717) is 6.54 Å². The minimum absolute atomic E-state index is 0.0410. The Morgan fingerprint density at radius 2 is 2.24 bits per heavy atom. The maximum atomic E-state index is 11.2. The molecular weight excluding hydrogens is 242 g/mol. The van der Waals surface area contributed by atoms with Crippen LogP contribution in [0, 0.1) is 0 Å². The number of nitrogens with one attached hydrogen (secondary N) is 1. The van der Waals surface area contributed by atoms with Gasteiger partial charge in [-0.25, -0.2) is 0 Å². The van der Waals surface area contributed by atoms with Crippen LogP contribution < -0.4 is 5.32 Å². The number of carbonyl (C=O) groups excluding carboxylic acids is 1. The van der Waals surface area contributed by atoms with Crippen LogP contribution in [0.25, 0.3) is 0 Å². The SMILES string of the molecule is O=C(O)CSCC(=O)NCCCn1cccn1. The number of hydrogen-bond donors (Lipinski definition) is 2. The van der Waals surface area contributed by atoms with Gasteiger partial charge in [0.05, 0.1) is 11.5 Å². The monoisotopic (exact) mass is 257 g/mol. The molecule has 0 saturated carbocycles. The Hall–Kier alpha value is -1.50. The summed E-state index contributed by atoms with van der Waals surface area (Å²) in [6, 6.07) is 1.85. The number of hydrogen-bond acceptors (Lipinski definition) is 4. The summed E-state index contributed by atoms with van der Waals surface area (Å²) in [7, 11) is 0. The van der Waals surface area contributed by atoms with Crippen molar-refractivity contribution in [2.24, 2.45) is 0 Å². The second-order valence-electron chi connectivity index (χ2n) is 3.36. The Bertz CT molecular complexity index is 354. The number of carboxylic acids is 1. The first-order valence-corrected chi connectivity index (χ1v) is 6.37. The summed E-state index contributed by atoms with van der Waals surface area (Å²) in [6.07, 6.45) is 4.38. The van der Waals surface area contributed by atoms with Gasteiger partial charge in [-0.05, 0) is 12.5 Å². The van der Waals surface area contributed by atoms with Crippen molar-refractivity contribution >= 4 is 23.6 Å². The second-order valence-corrected chi connectivity index (χ2v) is 4.34. The number of amides is 1. The van der Waals surface area contributed by atoms with Crippen molar-refractivity contribution in [3.63, 3.8) is 0 Å². The van der Waals surface area contributed by atoms with Gasteiger partial charge in [0, 0.05) is 25.5 Å². The zero-order chi connectivity index (χ0) is 12.5. The third-order valence-electron chi connectivity index (χ3n) is 1.90. The topological polar surface area (TPSA) is 84.2 Å². The van der Waals surface area contributed by atoms with Crippen molar-refractivity contribution < 1.29 is 14.7 Å². The number of carbonyl (C=O) groups is 2. The van der Waals surface area contributed by atoms with E-state index >= 15 is 0 Å². The fourth-order valence-corrected chi connectivity index (χ4v) is 1.75. The van der Waals surface area contributed by atoms with E-state index in [-0.39, 0.29) is 17.4 Å². The smallest absolute Gasteiger partial charge is 0.313 e. The molecule has 7 heteroatoms. The summed E-state index contributed by atoms with van der Waals surface area (Å²) in [6.45, 7) is 1.34. The van der Waals surface area contributed by atoms with Crippen LogP contribution in [-0.4, -0.2) is 44.8 Å². The number of thioether (sulfide) groups is 1. The highest BCUT2D eigenvalue weighted by Gasteiger charge is 2.03. The minimum atomic E-state index is -0.901. The fraction of sp³-hybridized carbons (Fsp3) is 0.500. The molecule has 0 saturated heterocycles. The number of nitrogens with zero attached hydrogens (tertiary/aromatic N) is 2. The Kier molecular flexibility index (Phi) is 6.16. The third-order valence-corrected chi connectivity index (χ3v) is 2.82. The lowest BCUT2D eigenvalue weighted by Gasteiger charge is -2.04. The van der Waals surface area contributed by atoms with Gasteiger partial charge in [-0.3, -0.25) is 14.3 Å². The van der Waals surface area contributed by atoms with E-state index in [4.69, 9.17) is 5.11 Å². The van der Waals surface area contributed by atoms with Crippen molar-refractivity contribution in [1.29, 1.82) is 0 Å². The van der Waals surface area contributed by atoms with E-state index in [0.717, 1.165) is 24.7 Å². The Morgan fingerprint density at radius 3 is 2.88 bits per heavy atom. The van der Waals surface area contributed by atoms with Gasteiger partial charge < -0.3 is 10.4 Å². The first-order valence-electron chi connectivity index (χ1n) is 5.22. The standard InChI is InChI=1S/C10H15N3O3S/c14-9(7-17-8-10(15)16)11-3-1-5-13-6-2-4-12-13/h2,4,6H,1,3,5,7-8H2,(H,11,14)(H,15,16). The molecule has 94 valence electrons. The third kappa shape index (κ3) is 6.62. The van der Waals surface area contributed by atoms with E-state index < -0.39 is 5.97 Å². The van der Waals surface area contributed by atoms with Gasteiger partial charge in [0.25, 0.3) is 0 Å². The lowest BCUT2D eigenvalue weighted by molar-refractivity contribution is -0.133. The largest absolute Gasteiger partial charge is 0.481 e. The summed E-state index contributed by atoms with van der Waals surface area (Å²) < 4.78 is 1.80. The molecule has 0 unspecified atom stereocenters. The molecule has 0 aliphatic heterocycles. The highest BCUT2D eigenvalue weighted by molar-refractivity contribution is 8.00. The van der Waals surface area contributed by atoms with Crippen molar-refractivity contribution in [2.75, 3.05) is 18.1 Å². The fourth-order valence-electron chi connectivity index (χ4n) is 1.18. The average molecular weight is 257 g/mol. The summed E-state index contributed by atoms with van der Waals surface area (Å²) in [5, 5.41) is 15.1. The Balaban J connectivity index is 1.98. The molecule has 17 heavy (non-hydrogen) atoms. The number of carboxylic acid groups (broad SMARTS) is 1. The lowest BCUT2D eigenvalue weighted by atomic mass is 10.4. The van der Waals surface area contributed by atoms with Crippen molar-refractivity contribution in [3.8, 4) is 0 Å². The van der Waals surface area contributed by atoms with Crippen molar-refractivity contribution in [2.45, 2.75) is 13.0 Å². The van der Waals surface area contributed by atoms with Gasteiger partial charge in [-0.15, -0.1) is 11.8 Å². The van der Waals surface area contributed by atoms with Crippen LogP contribution in [-0.2, 0) is 16.1 Å². The van der Waals surface area contributed by atoms with Gasteiger partial charge in [0.1, 0.15) is 0 Å². The van der Waals surface area contributed by atoms with Gasteiger partial charge in [-0.2, -0.15) is 5.10 Å². The van der Waals surface area contributed by atoms with Crippen LogP contribution in [0.1, 0.15) is 6.42 Å². The minimum Gasteiger partial charge on any atom is -0.481 e. The highest BCUT2D eigenvalue weighted by Crippen LogP contribution is 1.98. The molecular formula is C10H15N3O3S. The molecule has 1 heterocycles. The quantitative estimate of drug-likeness (QED) is 0.650. The predicted octanol–water partition coefficient (Wildman–Crippen LogP) is 0.207. The van der Waals surface area contributed by atoms with Gasteiger partial charge in [-0.1, -0.05) is 0 Å². The van der Waals surface area contributed by atoms with Crippen LogP contribution in [0.2, 0.25) is 0 Å². The van der Waals surface area contributed by atoms with Crippen LogP contribution in [0.3, 0.4) is 0 Å². The Morgan fingerprint density at radius 1 is 1.41 bits per heavy atom. The molecule has 6 nitrogen and oxygen atoms in total. The molecule has 2 N–H and O–H groups in total. The molecule has 0 aliphatic carbocycles. The maximum absolute atomic E-state index is 11.2. The normalized spacial score (nSPS) is 10.1. The van der Waals surface area contributed by atoms with Crippen LogP contribution in [0.5, 0.6) is 0 Å². The number of aryl methyl sites for hydroxylation is 1. The second kappa shape index (κ2) is 7.72. The summed E-state index contributed by atoms with van der Waals surface area (Å²) in [5.74, 6) is -0.882. The first kappa shape index (κ1) is 13.6. The van der Waals surface area contributed by atoms with E-state index in [9.17, 15) is 9.59 Å². The van der Waals surface area contributed by atoms with Crippen molar-refractivity contribution in [3.05, 3.63) is 18.5 Å². The number of rotatable bonds is 8. The molecule has 1 rings (SSSR count). The maximum Gasteiger partial charge on any atom is 0.313 e. The zero-order valence-electron chi connectivity index (χ0n) is 9.33. The van der Waals surface area contributed by atoms with E-state index in [1.807, 2.05) is 12.3 Å². The molecule has 0 bridgehead atoms. The predicted molar refractivity (Wildman–Crippen MR) is 64.8 cm³/mol. The molecule has 0 aliphatic rings. The van der Waals surface area contributed by atoms with E-state index in [1.54, 1.807) is 10.9 Å². The molecule has 0 fully saturated rings. The zero-order valence-corrected chi connectivity index (χ0v) is 10.2. The average Bonchev–Trinajstić information content (AvgIpc) is 2.76. The molecule has 0 spiro atoms. The summed E-state index contributed by atoms with van der Waals surface area (Å²) >= 11 is 1.10. The molecule has 0 aromatic carbocycles. The Labute approximate surface area is 103 Å². The molecule has 1 aromatic rings. The number of aromatic nitrogens is 2. The first-order chi connectivity index (χ1) is 8.18. The van der Waals surface area contributed by atoms with E-state index in [1.165, 1.54) is 0 Å². The summed E-state index contributed by atoms with van der Waals surface area (Å²) in [5.41, 5.74) is 0. The van der Waals surface area contributed by atoms with Crippen molar-refractivity contribution in [1.82, 2.24) is 15.1 Å². The van der Waals surface area contributed by atoms with Crippen LogP contribution in [0.4, 0.5) is 0 Å². The molecule has 1 aromatic heterocycles.